The number of aryl methyl sites for hydroxylation is 6. The van der Waals surface area contributed by atoms with Crippen LogP contribution in [0.2, 0.25) is 0 Å². The summed E-state index contributed by atoms with van der Waals surface area (Å²) in [6.45, 7) is 14.8. The van der Waals surface area contributed by atoms with E-state index in [1.807, 2.05) is 25.1 Å². The van der Waals surface area contributed by atoms with Crippen molar-refractivity contribution in [3.05, 3.63) is 141 Å². The van der Waals surface area contributed by atoms with Crippen molar-refractivity contribution < 1.29 is 4.79 Å². The number of ketones is 1. The molecule has 0 aliphatic heterocycles. The highest BCUT2D eigenvalue weighted by atomic mass is 16.1. The first-order valence-corrected chi connectivity index (χ1v) is 14.3. The van der Waals surface area contributed by atoms with Crippen LogP contribution in [0.15, 0.2) is 91.0 Å². The Balaban J connectivity index is 1.50. The van der Waals surface area contributed by atoms with Crippen LogP contribution in [0.5, 0.6) is 0 Å². The topological polar surface area (TPSA) is 20.3 Å². The van der Waals surface area contributed by atoms with E-state index in [1.54, 1.807) is 0 Å². The van der Waals surface area contributed by atoms with E-state index in [-0.39, 0.29) is 5.78 Å². The molecule has 0 aliphatic rings. The van der Waals surface area contributed by atoms with E-state index in [4.69, 9.17) is 0 Å². The molecule has 2 heteroatoms. The molecule has 0 radical (unpaired) electrons. The quantitative estimate of drug-likeness (QED) is 0.201. The van der Waals surface area contributed by atoms with Gasteiger partial charge in [0.05, 0.1) is 0 Å². The van der Waals surface area contributed by atoms with Gasteiger partial charge in [-0.15, -0.1) is 0 Å². The van der Waals surface area contributed by atoms with Gasteiger partial charge in [-0.05, 0) is 106 Å². The maximum atomic E-state index is 14.1. The van der Waals surface area contributed by atoms with Crippen molar-refractivity contribution in [3.8, 4) is 22.3 Å². The molecule has 0 bridgehead atoms. The molecular formula is C39H39NO. The van der Waals surface area contributed by atoms with E-state index in [9.17, 15) is 4.79 Å². The molecule has 206 valence electrons. The second-order valence-corrected chi connectivity index (χ2v) is 11.6. The molecule has 0 N–H and O–H groups in total. The van der Waals surface area contributed by atoms with Crippen molar-refractivity contribution in [2.75, 3.05) is 11.9 Å². The molecule has 0 spiro atoms. The number of nitrogens with zero attached hydrogens (tertiary/aromatic N) is 1. The third kappa shape index (κ3) is 5.74. The Kier molecular flexibility index (Phi) is 7.69. The molecule has 0 saturated heterocycles. The fraction of sp³-hybridized carbons (Fsp3) is 0.205. The van der Waals surface area contributed by atoms with Crippen molar-refractivity contribution >= 4 is 17.2 Å². The average Bonchev–Trinajstić information content (AvgIpc) is 2.91. The first kappa shape index (κ1) is 28.1. The van der Waals surface area contributed by atoms with Crippen LogP contribution in [-0.2, 0) is 0 Å². The zero-order valence-corrected chi connectivity index (χ0v) is 25.5. The predicted octanol–water partition coefficient (Wildman–Crippen LogP) is 10.2. The summed E-state index contributed by atoms with van der Waals surface area (Å²) in [5.41, 5.74) is 16.4. The number of anilines is 2. The molecule has 5 aromatic carbocycles. The molecule has 0 amide bonds. The minimum atomic E-state index is 0.0611. The van der Waals surface area contributed by atoms with Crippen LogP contribution in [0.25, 0.3) is 22.3 Å². The largest absolute Gasteiger partial charge is 0.344 e. The molecule has 2 nitrogen and oxygen atoms in total. The molecule has 0 atom stereocenters. The summed E-state index contributed by atoms with van der Waals surface area (Å²) in [7, 11) is 2.09. The van der Waals surface area contributed by atoms with Crippen molar-refractivity contribution in [2.45, 2.75) is 48.5 Å². The van der Waals surface area contributed by atoms with Crippen molar-refractivity contribution in [1.29, 1.82) is 0 Å². The van der Waals surface area contributed by atoms with Gasteiger partial charge in [-0.25, -0.2) is 0 Å². The van der Waals surface area contributed by atoms with E-state index >= 15 is 0 Å². The number of carbonyl (C=O) groups is 1. The number of rotatable bonds is 6. The fourth-order valence-corrected chi connectivity index (χ4v) is 6.31. The maximum Gasteiger partial charge on any atom is 0.193 e. The Morgan fingerprint density at radius 1 is 0.537 bits per heavy atom. The maximum absolute atomic E-state index is 14.1. The summed E-state index contributed by atoms with van der Waals surface area (Å²) in [5.74, 6) is 0.0611. The van der Waals surface area contributed by atoms with E-state index < -0.39 is 0 Å². The number of carbonyl (C=O) groups excluding carboxylic acids is 1. The van der Waals surface area contributed by atoms with Crippen LogP contribution in [-0.4, -0.2) is 12.8 Å². The van der Waals surface area contributed by atoms with Crippen LogP contribution in [0, 0.1) is 48.5 Å². The van der Waals surface area contributed by atoms with Gasteiger partial charge in [0.25, 0.3) is 0 Å². The van der Waals surface area contributed by atoms with E-state index in [0.717, 1.165) is 44.8 Å². The average molecular weight is 538 g/mol. The summed E-state index contributed by atoms with van der Waals surface area (Å²) in [6.07, 6.45) is 0. The normalized spacial score (nSPS) is 11.0. The number of hydrogen-bond donors (Lipinski definition) is 0. The molecular weight excluding hydrogens is 498 g/mol. The zero-order valence-electron chi connectivity index (χ0n) is 25.5. The Bertz CT molecular complexity index is 1730. The first-order valence-electron chi connectivity index (χ1n) is 14.3. The summed E-state index contributed by atoms with van der Waals surface area (Å²) in [4.78, 5) is 16.3. The lowest BCUT2D eigenvalue weighted by Crippen LogP contribution is -2.16. The second-order valence-electron chi connectivity index (χ2n) is 11.6. The predicted molar refractivity (Wildman–Crippen MR) is 175 cm³/mol. The Hall–Kier alpha value is -4.43. The highest BCUT2D eigenvalue weighted by molar-refractivity contribution is 6.12. The second kappa shape index (κ2) is 11.2. The van der Waals surface area contributed by atoms with Crippen LogP contribution in [0.4, 0.5) is 11.4 Å². The molecule has 0 fully saturated rings. The molecule has 5 aromatic rings. The lowest BCUT2D eigenvalue weighted by atomic mass is 9.89. The van der Waals surface area contributed by atoms with E-state index in [1.165, 1.54) is 33.4 Å². The standard InChI is InChI=1S/C39H39NO/c1-24-16-25(2)19-34(18-24)31-12-14-36(15-13-31)40(8)38-29(6)22-28(5)37(30(38)7)39(41)33-11-9-10-32(23-33)35-20-26(3)17-27(4)21-35/h9-23H,1-8H3. The molecule has 0 aromatic heterocycles. The van der Waals surface area contributed by atoms with Gasteiger partial charge in [0.15, 0.2) is 5.78 Å². The first-order chi connectivity index (χ1) is 19.5. The molecule has 0 heterocycles. The minimum Gasteiger partial charge on any atom is -0.344 e. The highest BCUT2D eigenvalue weighted by Crippen LogP contribution is 2.36. The van der Waals surface area contributed by atoms with E-state index in [0.29, 0.717) is 5.56 Å². The van der Waals surface area contributed by atoms with Gasteiger partial charge in [-0.3, -0.25) is 4.79 Å². The Morgan fingerprint density at radius 3 is 1.63 bits per heavy atom. The van der Waals surface area contributed by atoms with Crippen molar-refractivity contribution in [1.82, 2.24) is 0 Å². The van der Waals surface area contributed by atoms with Crippen molar-refractivity contribution in [2.24, 2.45) is 0 Å². The summed E-state index contributed by atoms with van der Waals surface area (Å²) >= 11 is 0. The Morgan fingerprint density at radius 2 is 1.07 bits per heavy atom. The van der Waals surface area contributed by atoms with Gasteiger partial charge < -0.3 is 4.90 Å². The van der Waals surface area contributed by atoms with Gasteiger partial charge in [-0.1, -0.05) is 95.1 Å². The third-order valence-electron chi connectivity index (χ3n) is 7.98. The Labute approximate surface area is 245 Å². The number of hydrogen-bond acceptors (Lipinski definition) is 2. The van der Waals surface area contributed by atoms with Gasteiger partial charge in [0.2, 0.25) is 0 Å². The lowest BCUT2D eigenvalue weighted by Gasteiger charge is -2.26. The lowest BCUT2D eigenvalue weighted by molar-refractivity contribution is 0.103. The molecule has 0 aliphatic carbocycles. The van der Waals surface area contributed by atoms with Crippen molar-refractivity contribution in [3.63, 3.8) is 0 Å². The molecule has 0 unspecified atom stereocenters. The molecule has 41 heavy (non-hydrogen) atoms. The monoisotopic (exact) mass is 537 g/mol. The smallest absolute Gasteiger partial charge is 0.193 e. The third-order valence-corrected chi connectivity index (χ3v) is 7.98. The zero-order chi connectivity index (χ0) is 29.4. The van der Waals surface area contributed by atoms with Gasteiger partial charge >= 0.3 is 0 Å². The van der Waals surface area contributed by atoms with E-state index in [2.05, 4.69) is 126 Å². The van der Waals surface area contributed by atoms with Crippen LogP contribution < -0.4 is 4.90 Å². The van der Waals surface area contributed by atoms with Crippen LogP contribution in [0.3, 0.4) is 0 Å². The van der Waals surface area contributed by atoms with Gasteiger partial charge in [0, 0.05) is 29.5 Å². The highest BCUT2D eigenvalue weighted by Gasteiger charge is 2.21. The minimum absolute atomic E-state index is 0.0611. The fourth-order valence-electron chi connectivity index (χ4n) is 6.31. The number of benzene rings is 5. The summed E-state index contributed by atoms with van der Waals surface area (Å²) in [6, 6.07) is 32.1. The summed E-state index contributed by atoms with van der Waals surface area (Å²) in [5, 5.41) is 0. The van der Waals surface area contributed by atoms with Crippen LogP contribution >= 0.6 is 0 Å². The van der Waals surface area contributed by atoms with Gasteiger partial charge in [-0.2, -0.15) is 0 Å². The SMILES string of the molecule is Cc1cc(C)cc(-c2ccc(N(C)c3c(C)cc(C)c(C(=O)c4cccc(-c5cc(C)cc(C)c5)c4)c3C)cc2)c1. The van der Waals surface area contributed by atoms with Crippen LogP contribution in [0.1, 0.15) is 54.9 Å². The van der Waals surface area contributed by atoms with Gasteiger partial charge in [0.1, 0.15) is 0 Å². The molecule has 0 saturated carbocycles. The summed E-state index contributed by atoms with van der Waals surface area (Å²) < 4.78 is 0. The molecule has 5 rings (SSSR count).